The van der Waals surface area contributed by atoms with E-state index in [9.17, 15) is 28.8 Å². The molecule has 0 radical (unpaired) electrons. The third kappa shape index (κ3) is 56.0. The molecule has 0 fully saturated rings. The fourth-order valence-corrected chi connectivity index (χ4v) is 9.29. The van der Waals surface area contributed by atoms with Crippen molar-refractivity contribution in [2.75, 3.05) is 98.5 Å². The van der Waals surface area contributed by atoms with Crippen LogP contribution in [-0.4, -0.2) is 187 Å². The van der Waals surface area contributed by atoms with Crippen molar-refractivity contribution >= 4 is 35.8 Å². The summed E-state index contributed by atoms with van der Waals surface area (Å²) in [4.78, 5) is 74.1. The van der Waals surface area contributed by atoms with Gasteiger partial charge in [0, 0.05) is 77.8 Å². The molecule has 0 aromatic carbocycles. The van der Waals surface area contributed by atoms with E-state index in [1.54, 1.807) is 44.8 Å². The molecular formula is C73H119N3O17. The van der Waals surface area contributed by atoms with Gasteiger partial charge in [-0.05, 0) is 195 Å². The number of hydrogen-bond acceptors (Lipinski definition) is 20. The number of ether oxygens (including phenoxy) is 3. The minimum atomic E-state index is -0.271. The summed E-state index contributed by atoms with van der Waals surface area (Å²) in [5.74, 6) is 1.97. The number of Topliss-reactive ketones (excluding diaryl/α,β-unsaturated/α-hetero) is 2. The lowest BCUT2D eigenvalue weighted by Gasteiger charge is -2.22. The molecule has 3 aromatic rings. The van der Waals surface area contributed by atoms with Gasteiger partial charge in [-0.2, -0.15) is 0 Å². The smallest absolute Gasteiger partial charge is 0.306 e. The molecule has 20 heteroatoms. The standard InChI is InChI=1S/C35H47NO9.C14H29NO3.C14H27NO3.C10H16O2/c1-28(8-3-10-29(2)45-35(39)19-16-32-13-7-25-42-32)9-4-20-36(21-26-43-33(37)17-14-30-11-5-23-40-30)22-27-44-34(38)18-15-31-12-6-24-41-31;2*1-13(5-3-7-14(2)18)6-4-8-15(9-11-16)10-12-17;1-9(6-4-8-11)5-3-7-10(2)12/h5-8,11-13,23-25,29H,3-4,9-10,14-22,26-27H2,1-2H3;5,14,16-18H,3-4,6-12H2,1-2H3;5,16-17H,3-4,6-12H2,1-2H3;5,8H,3-4,6-7H2,1-2H3/b28-8-;2*13-5-;9-5-. The second-order valence-corrected chi connectivity index (χ2v) is 23.6. The number of aliphatic hydroxyl groups excluding tert-OH is 5. The van der Waals surface area contributed by atoms with Crippen molar-refractivity contribution in [3.63, 3.8) is 0 Å². The predicted molar refractivity (Wildman–Crippen MR) is 364 cm³/mol. The summed E-state index contributed by atoms with van der Waals surface area (Å²) in [5, 5.41) is 44.7. The first-order valence-corrected chi connectivity index (χ1v) is 33.6. The molecule has 3 aromatic heterocycles. The number of hydrogen-bond donors (Lipinski definition) is 5. The zero-order valence-electron chi connectivity index (χ0n) is 57.9. The monoisotopic (exact) mass is 1310 g/mol. The largest absolute Gasteiger partial charge is 0.469 e. The minimum Gasteiger partial charge on any atom is -0.469 e. The van der Waals surface area contributed by atoms with E-state index >= 15 is 0 Å². The van der Waals surface area contributed by atoms with Crippen LogP contribution in [0.1, 0.15) is 195 Å². The van der Waals surface area contributed by atoms with Crippen molar-refractivity contribution in [2.45, 2.75) is 209 Å². The molecule has 0 bridgehead atoms. The van der Waals surface area contributed by atoms with Crippen LogP contribution >= 0.6 is 0 Å². The number of nitrogens with zero attached hydrogens (tertiary/aromatic N) is 3. The maximum atomic E-state index is 12.2. The van der Waals surface area contributed by atoms with E-state index in [0.717, 1.165) is 127 Å². The van der Waals surface area contributed by atoms with Crippen LogP contribution in [0.25, 0.3) is 0 Å². The van der Waals surface area contributed by atoms with Crippen LogP contribution in [0.3, 0.4) is 0 Å². The van der Waals surface area contributed by atoms with Crippen LogP contribution in [0.5, 0.6) is 0 Å². The van der Waals surface area contributed by atoms with Gasteiger partial charge in [0.05, 0.1) is 76.7 Å². The molecule has 528 valence electrons. The van der Waals surface area contributed by atoms with Gasteiger partial charge in [-0.1, -0.05) is 46.6 Å². The zero-order chi connectivity index (χ0) is 69.1. The average Bonchev–Trinajstić information content (AvgIpc) is 4.58. The van der Waals surface area contributed by atoms with Gasteiger partial charge in [0.15, 0.2) is 0 Å². The minimum absolute atomic E-state index is 0.132. The van der Waals surface area contributed by atoms with Crippen molar-refractivity contribution in [3.05, 3.63) is 119 Å². The van der Waals surface area contributed by atoms with Crippen LogP contribution in [0.4, 0.5) is 0 Å². The van der Waals surface area contributed by atoms with Gasteiger partial charge in [0.25, 0.3) is 0 Å². The second kappa shape index (κ2) is 59.6. The van der Waals surface area contributed by atoms with Gasteiger partial charge >= 0.3 is 17.9 Å². The van der Waals surface area contributed by atoms with E-state index in [1.165, 1.54) is 22.3 Å². The number of furan rings is 3. The first-order chi connectivity index (χ1) is 44.7. The number of ketones is 2. The first-order valence-electron chi connectivity index (χ1n) is 33.6. The Morgan fingerprint density at radius 1 is 0.441 bits per heavy atom. The number of carbonyl (C=O) groups excluding carboxylic acids is 6. The lowest BCUT2D eigenvalue weighted by atomic mass is 10.1. The maximum Gasteiger partial charge on any atom is 0.306 e. The summed E-state index contributed by atoms with van der Waals surface area (Å²) in [6.07, 6.45) is 29.7. The van der Waals surface area contributed by atoms with E-state index in [1.807, 2.05) is 51.1 Å². The van der Waals surface area contributed by atoms with Gasteiger partial charge in [0.1, 0.15) is 48.3 Å². The lowest BCUT2D eigenvalue weighted by Crippen LogP contribution is -2.33. The number of aryl methyl sites for hydroxylation is 3. The molecule has 3 heterocycles. The number of aliphatic hydroxyl groups is 5. The second-order valence-electron chi connectivity index (χ2n) is 23.6. The number of esters is 3. The summed E-state index contributed by atoms with van der Waals surface area (Å²) >= 11 is 0. The Morgan fingerprint density at radius 3 is 1.12 bits per heavy atom. The highest BCUT2D eigenvalue weighted by Crippen LogP contribution is 2.15. The highest BCUT2D eigenvalue weighted by atomic mass is 16.5. The molecule has 0 aliphatic rings. The molecule has 20 nitrogen and oxygen atoms in total. The van der Waals surface area contributed by atoms with Gasteiger partial charge < -0.3 is 67.4 Å². The molecule has 93 heavy (non-hydrogen) atoms. The van der Waals surface area contributed by atoms with Crippen molar-refractivity contribution in [1.82, 2.24) is 14.7 Å². The molecule has 0 saturated heterocycles. The molecule has 3 rings (SSSR count). The molecule has 0 saturated carbocycles. The first kappa shape index (κ1) is 86.9. The number of allylic oxidation sites excluding steroid dienone is 8. The van der Waals surface area contributed by atoms with Gasteiger partial charge in [-0.15, -0.1) is 0 Å². The number of carbonyl (C=O) groups is 6. The quantitative estimate of drug-likeness (QED) is 0.0152. The van der Waals surface area contributed by atoms with Gasteiger partial charge in [-0.3, -0.25) is 29.1 Å². The normalized spacial score (nSPS) is 12.5. The molecule has 2 atom stereocenters. The van der Waals surface area contributed by atoms with Crippen LogP contribution in [-0.2, 0) is 62.2 Å². The fourth-order valence-electron chi connectivity index (χ4n) is 9.29. The lowest BCUT2D eigenvalue weighted by molar-refractivity contribution is -0.148. The van der Waals surface area contributed by atoms with Crippen LogP contribution in [0.15, 0.2) is 115 Å². The summed E-state index contributed by atoms with van der Waals surface area (Å²) in [5.41, 5.74) is 5.12. The van der Waals surface area contributed by atoms with Crippen LogP contribution in [0, 0.1) is 0 Å². The summed E-state index contributed by atoms with van der Waals surface area (Å²) in [7, 11) is 0. The molecule has 5 N–H and O–H groups in total. The summed E-state index contributed by atoms with van der Waals surface area (Å²) in [6.45, 7) is 22.4. The Labute approximate surface area is 556 Å². The highest BCUT2D eigenvalue weighted by Gasteiger charge is 2.14. The number of rotatable bonds is 51. The van der Waals surface area contributed by atoms with Crippen LogP contribution < -0.4 is 0 Å². The van der Waals surface area contributed by atoms with E-state index in [-0.39, 0.29) is 94.2 Å². The Morgan fingerprint density at radius 2 is 0.785 bits per heavy atom. The third-order valence-corrected chi connectivity index (χ3v) is 14.7. The maximum absolute atomic E-state index is 12.2. The molecule has 0 aliphatic carbocycles. The predicted octanol–water partition coefficient (Wildman–Crippen LogP) is 11.3. The van der Waals surface area contributed by atoms with Gasteiger partial charge in [-0.25, -0.2) is 0 Å². The molecular weight excluding hydrogens is 1190 g/mol. The highest BCUT2D eigenvalue weighted by molar-refractivity contribution is 5.76. The van der Waals surface area contributed by atoms with E-state index in [0.29, 0.717) is 84.2 Å². The molecule has 0 aliphatic heterocycles. The summed E-state index contributed by atoms with van der Waals surface area (Å²) in [6, 6.07) is 10.9. The van der Waals surface area contributed by atoms with E-state index < -0.39 is 0 Å². The van der Waals surface area contributed by atoms with E-state index in [2.05, 4.69) is 53.7 Å². The van der Waals surface area contributed by atoms with Crippen molar-refractivity contribution in [3.8, 4) is 0 Å². The Balaban J connectivity index is 0.00000144. The molecule has 0 spiro atoms. The SMILES string of the molecule is C/C(=C/CCC(C)O)CCCN(CCO)CCO.C/C(=C/CCC(C)OC(=O)CCc1ccco1)CCCN(CCOC(=O)CCc1ccco1)CCOC(=O)CCc1ccco1.CC(=O)CC/C=C(/C)CCC=O.CC(=O)CC/C=C(/C)CCCN(CCO)CCO. The Bertz CT molecular complexity index is 2380. The zero-order valence-corrected chi connectivity index (χ0v) is 57.9. The molecule has 2 unspecified atom stereocenters. The molecule has 0 amide bonds. The van der Waals surface area contributed by atoms with E-state index in [4.69, 9.17) is 53.0 Å². The van der Waals surface area contributed by atoms with Crippen molar-refractivity contribution in [1.29, 1.82) is 0 Å². The van der Waals surface area contributed by atoms with Crippen LogP contribution in [0.2, 0.25) is 0 Å². The number of aldehydes is 1. The van der Waals surface area contributed by atoms with Gasteiger partial charge in [0.2, 0.25) is 0 Å². The van der Waals surface area contributed by atoms with Crippen molar-refractivity contribution < 1.29 is 81.8 Å². The Hall–Kier alpha value is -6.10. The third-order valence-electron chi connectivity index (χ3n) is 14.7. The average molecular weight is 1310 g/mol. The topological polar surface area (TPSA) is 280 Å². The summed E-state index contributed by atoms with van der Waals surface area (Å²) < 4.78 is 32.2. The Kier molecular flexibility index (Phi) is 55.7. The fraction of sp³-hybridized carbons (Fsp3) is 0.644. The van der Waals surface area contributed by atoms with Crippen molar-refractivity contribution in [2.24, 2.45) is 0 Å².